The van der Waals surface area contributed by atoms with Gasteiger partial charge in [0.2, 0.25) is 0 Å². The summed E-state index contributed by atoms with van der Waals surface area (Å²) in [4.78, 5) is 14.5. The summed E-state index contributed by atoms with van der Waals surface area (Å²) in [5.41, 5.74) is 7.04. The Bertz CT molecular complexity index is 447. The molecule has 0 spiro atoms. The monoisotopic (exact) mass is 316 g/mol. The summed E-state index contributed by atoms with van der Waals surface area (Å²) in [5, 5.41) is 3.19. The lowest BCUT2D eigenvalue weighted by atomic mass is 9.84. The predicted octanol–water partition coefficient (Wildman–Crippen LogP) is 3.29. The van der Waals surface area contributed by atoms with E-state index in [9.17, 15) is 4.79 Å². The summed E-state index contributed by atoms with van der Waals surface area (Å²) in [5.74, 6) is 0.530. The van der Waals surface area contributed by atoms with E-state index in [-0.39, 0.29) is 24.4 Å². The van der Waals surface area contributed by atoms with E-state index in [4.69, 9.17) is 5.73 Å². The number of halogens is 1. The van der Waals surface area contributed by atoms with Crippen molar-refractivity contribution in [3.8, 4) is 0 Å². The van der Waals surface area contributed by atoms with Crippen LogP contribution < -0.4 is 11.1 Å². The Hall–Kier alpha value is -0.580. The van der Waals surface area contributed by atoms with E-state index in [1.54, 1.807) is 11.3 Å². The van der Waals surface area contributed by atoms with Crippen LogP contribution in [0.5, 0.6) is 0 Å². The van der Waals surface area contributed by atoms with Crippen molar-refractivity contribution >= 4 is 29.7 Å². The van der Waals surface area contributed by atoms with E-state index in [2.05, 4.69) is 19.2 Å². The van der Waals surface area contributed by atoms with Crippen LogP contribution in [0.25, 0.3) is 0 Å². The van der Waals surface area contributed by atoms with E-state index in [1.165, 1.54) is 23.3 Å². The summed E-state index contributed by atoms with van der Waals surface area (Å²) in [7, 11) is 0. The van der Waals surface area contributed by atoms with Gasteiger partial charge >= 0.3 is 0 Å². The predicted molar refractivity (Wildman–Crippen MR) is 87.9 cm³/mol. The second kappa shape index (κ2) is 8.01. The van der Waals surface area contributed by atoms with Gasteiger partial charge < -0.3 is 11.1 Å². The molecular weight excluding hydrogens is 292 g/mol. The largest absolute Gasteiger partial charge is 0.348 e. The summed E-state index contributed by atoms with van der Waals surface area (Å²) >= 11 is 1.62. The summed E-state index contributed by atoms with van der Waals surface area (Å²) in [6.07, 6.45) is 5.65. The maximum Gasteiger partial charge on any atom is 0.261 e. The number of nitrogens with one attached hydrogen (secondary N) is 1. The van der Waals surface area contributed by atoms with Crippen molar-refractivity contribution in [3.63, 3.8) is 0 Å². The zero-order valence-electron chi connectivity index (χ0n) is 12.3. The molecule has 1 saturated carbocycles. The van der Waals surface area contributed by atoms with E-state index >= 15 is 0 Å². The minimum Gasteiger partial charge on any atom is -0.348 e. The minimum atomic E-state index is 0. The lowest BCUT2D eigenvalue weighted by molar-refractivity contribution is 0.0912. The number of hydrogen-bond acceptors (Lipinski definition) is 3. The third-order valence-electron chi connectivity index (χ3n) is 4.09. The van der Waals surface area contributed by atoms with Gasteiger partial charge in [0.05, 0.1) is 4.88 Å². The van der Waals surface area contributed by atoms with Crippen LogP contribution in [0.4, 0.5) is 0 Å². The number of carbonyl (C=O) groups is 1. The molecule has 1 aromatic rings. The Labute approximate surface area is 131 Å². The molecule has 0 radical (unpaired) electrons. The highest BCUT2D eigenvalue weighted by molar-refractivity contribution is 7.14. The van der Waals surface area contributed by atoms with E-state index in [1.807, 2.05) is 6.07 Å². The molecule has 2 unspecified atom stereocenters. The molecule has 3 N–H and O–H groups in total. The van der Waals surface area contributed by atoms with Crippen molar-refractivity contribution in [3.05, 3.63) is 21.4 Å². The van der Waals surface area contributed by atoms with Crippen LogP contribution in [-0.2, 0) is 6.42 Å². The Balaban J connectivity index is 0.00000200. The highest BCUT2D eigenvalue weighted by Gasteiger charge is 2.26. The van der Waals surface area contributed by atoms with Crippen molar-refractivity contribution in [2.45, 2.75) is 52.0 Å². The number of nitrogens with two attached hydrogens (primary N) is 1. The summed E-state index contributed by atoms with van der Waals surface area (Å²) in [6, 6.07) is 2.28. The Morgan fingerprint density at radius 1 is 1.45 bits per heavy atom. The Morgan fingerprint density at radius 3 is 2.75 bits per heavy atom. The second-order valence-electron chi connectivity index (χ2n) is 5.43. The van der Waals surface area contributed by atoms with Gasteiger partial charge in [0.1, 0.15) is 0 Å². The van der Waals surface area contributed by atoms with Crippen molar-refractivity contribution in [2.24, 2.45) is 11.7 Å². The molecule has 5 heteroatoms. The molecule has 0 bridgehead atoms. The molecule has 1 heterocycles. The molecule has 1 aliphatic rings. The van der Waals surface area contributed by atoms with E-state index in [0.29, 0.717) is 12.5 Å². The zero-order valence-corrected chi connectivity index (χ0v) is 13.9. The van der Waals surface area contributed by atoms with Gasteiger partial charge in [-0.15, -0.1) is 23.7 Å². The Morgan fingerprint density at radius 2 is 2.15 bits per heavy atom. The molecule has 20 heavy (non-hydrogen) atoms. The van der Waals surface area contributed by atoms with Crippen LogP contribution >= 0.6 is 23.7 Å². The van der Waals surface area contributed by atoms with Crippen LogP contribution in [0.3, 0.4) is 0 Å². The van der Waals surface area contributed by atoms with Crippen LogP contribution in [0.1, 0.15) is 52.7 Å². The molecule has 1 fully saturated rings. The first-order valence-electron chi connectivity index (χ1n) is 7.26. The topological polar surface area (TPSA) is 55.1 Å². The maximum absolute atomic E-state index is 12.3. The van der Waals surface area contributed by atoms with Gasteiger partial charge in [-0.2, -0.15) is 0 Å². The Kier molecular flexibility index (Phi) is 7.00. The smallest absolute Gasteiger partial charge is 0.261 e. The second-order valence-corrected chi connectivity index (χ2v) is 6.57. The molecule has 0 saturated heterocycles. The average molecular weight is 317 g/mol. The van der Waals surface area contributed by atoms with Crippen molar-refractivity contribution < 1.29 is 4.79 Å². The van der Waals surface area contributed by atoms with Crippen LogP contribution in [0.2, 0.25) is 0 Å². The van der Waals surface area contributed by atoms with Crippen LogP contribution in [0.15, 0.2) is 6.07 Å². The first-order valence-corrected chi connectivity index (χ1v) is 8.07. The summed E-state index contributed by atoms with van der Waals surface area (Å²) < 4.78 is 0. The minimum absolute atomic E-state index is 0. The molecule has 1 amide bonds. The van der Waals surface area contributed by atoms with Crippen molar-refractivity contribution in [2.75, 3.05) is 6.54 Å². The third kappa shape index (κ3) is 3.96. The molecule has 0 aromatic carbocycles. The first-order chi connectivity index (χ1) is 9.15. The molecule has 3 nitrogen and oxygen atoms in total. The van der Waals surface area contributed by atoms with Gasteiger partial charge in [-0.3, -0.25) is 4.79 Å². The fourth-order valence-corrected chi connectivity index (χ4v) is 3.92. The van der Waals surface area contributed by atoms with Crippen LogP contribution in [0, 0.1) is 12.8 Å². The fraction of sp³-hybridized carbons (Fsp3) is 0.667. The third-order valence-corrected chi connectivity index (χ3v) is 5.47. The molecular formula is C15H25ClN2OS. The lowest BCUT2D eigenvalue weighted by Gasteiger charge is -2.31. The van der Waals surface area contributed by atoms with Gasteiger partial charge in [0, 0.05) is 10.9 Å². The molecule has 0 aliphatic heterocycles. The number of rotatable bonds is 4. The van der Waals surface area contributed by atoms with Gasteiger partial charge in [-0.25, -0.2) is 0 Å². The van der Waals surface area contributed by atoms with Gasteiger partial charge in [-0.05, 0) is 50.3 Å². The zero-order chi connectivity index (χ0) is 13.8. The highest BCUT2D eigenvalue weighted by atomic mass is 35.5. The number of amides is 1. The number of carbonyl (C=O) groups excluding carboxylic acids is 1. The standard InChI is InChI=1S/C15H24N2OS.ClH/c1-3-13-10(2)8-14(19-13)15(18)17-12-7-5-4-6-11(12)9-16;/h8,11-12H,3-7,9,16H2,1-2H3,(H,17,18);1H. The molecule has 1 aliphatic carbocycles. The first kappa shape index (κ1) is 17.5. The fourth-order valence-electron chi connectivity index (χ4n) is 2.90. The average Bonchev–Trinajstić information content (AvgIpc) is 2.80. The van der Waals surface area contributed by atoms with Gasteiger partial charge in [0.25, 0.3) is 5.91 Å². The highest BCUT2D eigenvalue weighted by Crippen LogP contribution is 2.26. The van der Waals surface area contributed by atoms with E-state index in [0.717, 1.165) is 24.1 Å². The number of aryl methyl sites for hydroxylation is 2. The van der Waals surface area contributed by atoms with Gasteiger partial charge in [0.15, 0.2) is 0 Å². The van der Waals surface area contributed by atoms with Gasteiger partial charge in [-0.1, -0.05) is 19.8 Å². The number of hydrogen-bond donors (Lipinski definition) is 2. The van der Waals surface area contributed by atoms with Crippen molar-refractivity contribution in [1.29, 1.82) is 0 Å². The summed E-state index contributed by atoms with van der Waals surface area (Å²) in [6.45, 7) is 4.89. The normalized spacial score (nSPS) is 22.1. The van der Waals surface area contributed by atoms with Crippen molar-refractivity contribution in [1.82, 2.24) is 5.32 Å². The molecule has 2 rings (SSSR count). The number of thiophene rings is 1. The maximum atomic E-state index is 12.3. The molecule has 2 atom stereocenters. The van der Waals surface area contributed by atoms with E-state index < -0.39 is 0 Å². The molecule has 114 valence electrons. The lowest BCUT2D eigenvalue weighted by Crippen LogP contribution is -2.44. The van der Waals surface area contributed by atoms with Crippen LogP contribution in [-0.4, -0.2) is 18.5 Å². The molecule has 1 aromatic heterocycles. The SMILES string of the molecule is CCc1sc(C(=O)NC2CCCCC2CN)cc1C.Cl. The quantitative estimate of drug-likeness (QED) is 0.895.